The lowest BCUT2D eigenvalue weighted by atomic mass is 10.2. The summed E-state index contributed by atoms with van der Waals surface area (Å²) in [4.78, 5) is 20.0. The van der Waals surface area contributed by atoms with Crippen molar-refractivity contribution in [2.24, 2.45) is 0 Å². The van der Waals surface area contributed by atoms with E-state index in [0.717, 1.165) is 36.4 Å². The van der Waals surface area contributed by atoms with Crippen molar-refractivity contribution in [1.82, 2.24) is 0 Å². The molecule has 0 atom stereocenters. The lowest BCUT2D eigenvalue weighted by molar-refractivity contribution is 0.0686. The quantitative estimate of drug-likeness (QED) is 0.284. The van der Waals surface area contributed by atoms with Crippen molar-refractivity contribution < 1.29 is 45.7 Å². The Hall–Kier alpha value is -3.20. The molecule has 8 N–H and O–H groups in total. The Morgan fingerprint density at radius 3 is 1.68 bits per heavy atom. The molecule has 0 bridgehead atoms. The fraction of sp³-hybridized carbons (Fsp3) is 0. The minimum absolute atomic E-state index is 0.144. The second-order valence-corrected chi connectivity index (χ2v) is 7.87. The van der Waals surface area contributed by atoms with Crippen molar-refractivity contribution in [2.75, 3.05) is 11.5 Å². The summed E-state index contributed by atoms with van der Waals surface area (Å²) in [6, 6.07) is 5.82. The first-order valence-corrected chi connectivity index (χ1v) is 9.73. The molecule has 152 valence electrons. The average molecular weight is 434 g/mol. The summed E-state index contributed by atoms with van der Waals surface area (Å²) in [5.74, 6) is -2.48. The number of benzene rings is 2. The number of rotatable bonds is 4. The number of hydrogen-bond donors (Lipinski definition) is 6. The van der Waals surface area contributed by atoms with Gasteiger partial charge in [0.2, 0.25) is 0 Å². The van der Waals surface area contributed by atoms with Gasteiger partial charge in [-0.2, -0.15) is 16.8 Å². The maximum absolute atomic E-state index is 10.7. The van der Waals surface area contributed by atoms with E-state index in [2.05, 4.69) is 0 Å². The minimum atomic E-state index is -4.39. The van der Waals surface area contributed by atoms with Crippen LogP contribution >= 0.6 is 0 Å². The van der Waals surface area contributed by atoms with E-state index in [0.29, 0.717) is 0 Å². The topological polar surface area (TPSA) is 235 Å². The van der Waals surface area contributed by atoms with Crippen LogP contribution in [0.5, 0.6) is 0 Å². The summed E-state index contributed by atoms with van der Waals surface area (Å²) < 4.78 is 59.8. The number of nitrogens with two attached hydrogens (primary N) is 2. The molecule has 0 fully saturated rings. The first kappa shape index (κ1) is 22.8. The van der Waals surface area contributed by atoms with Crippen LogP contribution < -0.4 is 11.5 Å². The number of carboxylic acid groups (broad SMARTS) is 2. The molecular weight excluding hydrogens is 420 g/mol. The molecule has 0 aliphatic carbocycles. The number of carboxylic acids is 2. The second-order valence-electron chi connectivity index (χ2n) is 5.06. The van der Waals surface area contributed by atoms with Crippen LogP contribution in [0.3, 0.4) is 0 Å². The van der Waals surface area contributed by atoms with Gasteiger partial charge in [-0.1, -0.05) is 0 Å². The Morgan fingerprint density at radius 1 is 0.750 bits per heavy atom. The Labute approximate surface area is 158 Å². The third-order valence-electron chi connectivity index (χ3n) is 3.09. The molecule has 0 aliphatic rings. The van der Waals surface area contributed by atoms with Gasteiger partial charge in [-0.05, 0) is 36.4 Å². The highest BCUT2D eigenvalue weighted by molar-refractivity contribution is 7.86. The number of anilines is 2. The highest BCUT2D eigenvalue weighted by atomic mass is 32.2. The fourth-order valence-electron chi connectivity index (χ4n) is 1.81. The molecule has 0 spiro atoms. The summed E-state index contributed by atoms with van der Waals surface area (Å²) in [6.45, 7) is 0. The molecule has 0 saturated heterocycles. The zero-order chi connectivity index (χ0) is 21.9. The number of nitrogen functional groups attached to an aromatic ring is 2. The van der Waals surface area contributed by atoms with E-state index < -0.39 is 42.0 Å². The van der Waals surface area contributed by atoms with Gasteiger partial charge in [-0.15, -0.1) is 0 Å². The highest BCUT2D eigenvalue weighted by Gasteiger charge is 2.15. The van der Waals surface area contributed by atoms with Crippen molar-refractivity contribution in [3.05, 3.63) is 47.5 Å². The van der Waals surface area contributed by atoms with Crippen molar-refractivity contribution in [2.45, 2.75) is 9.79 Å². The van der Waals surface area contributed by atoms with Gasteiger partial charge in [0.15, 0.2) is 0 Å². The van der Waals surface area contributed by atoms with Crippen LogP contribution in [0.4, 0.5) is 11.4 Å². The van der Waals surface area contributed by atoms with Crippen LogP contribution in [0.1, 0.15) is 20.7 Å². The van der Waals surface area contributed by atoms with E-state index in [1.54, 1.807) is 0 Å². The molecule has 0 aliphatic heterocycles. The van der Waals surface area contributed by atoms with E-state index in [4.69, 9.17) is 30.8 Å². The monoisotopic (exact) mass is 434 g/mol. The normalized spacial score (nSPS) is 11.2. The van der Waals surface area contributed by atoms with Gasteiger partial charge >= 0.3 is 11.9 Å². The Kier molecular flexibility index (Phi) is 6.70. The van der Waals surface area contributed by atoms with Crippen LogP contribution in [0.2, 0.25) is 0 Å². The van der Waals surface area contributed by atoms with Crippen LogP contribution in [0, 0.1) is 0 Å². The zero-order valence-corrected chi connectivity index (χ0v) is 15.3. The molecular formula is C14H14N2O10S2. The van der Waals surface area contributed by atoms with Crippen molar-refractivity contribution in [1.29, 1.82) is 0 Å². The van der Waals surface area contributed by atoms with Gasteiger partial charge in [0.25, 0.3) is 20.2 Å². The van der Waals surface area contributed by atoms with Gasteiger partial charge in [0, 0.05) is 5.69 Å². The molecule has 12 nitrogen and oxygen atoms in total. The molecule has 0 amide bonds. The zero-order valence-electron chi connectivity index (χ0n) is 13.7. The van der Waals surface area contributed by atoms with Gasteiger partial charge < -0.3 is 21.7 Å². The molecule has 2 rings (SSSR count). The molecule has 2 aromatic rings. The van der Waals surface area contributed by atoms with Crippen LogP contribution in [0.15, 0.2) is 46.2 Å². The van der Waals surface area contributed by atoms with Crippen LogP contribution in [-0.2, 0) is 20.2 Å². The second kappa shape index (κ2) is 8.22. The summed E-state index contributed by atoms with van der Waals surface area (Å²) >= 11 is 0. The van der Waals surface area contributed by atoms with E-state index >= 15 is 0 Å². The van der Waals surface area contributed by atoms with Crippen LogP contribution in [-0.4, -0.2) is 48.1 Å². The maximum Gasteiger partial charge on any atom is 0.337 e. The Balaban J connectivity index is 0.000000280. The number of carbonyl (C=O) groups is 2. The largest absolute Gasteiger partial charge is 0.478 e. The minimum Gasteiger partial charge on any atom is -0.478 e. The predicted molar refractivity (Wildman–Crippen MR) is 95.3 cm³/mol. The summed E-state index contributed by atoms with van der Waals surface area (Å²) in [7, 11) is -8.73. The van der Waals surface area contributed by atoms with Gasteiger partial charge in [-0.25, -0.2) is 9.59 Å². The molecule has 28 heavy (non-hydrogen) atoms. The first-order valence-electron chi connectivity index (χ1n) is 6.85. The molecule has 0 heterocycles. The first-order chi connectivity index (χ1) is 12.6. The SMILES string of the molecule is Nc1cc(C(=O)O)ccc1S(=O)(=O)O.Nc1cc(S(=O)(=O)O)ccc1C(=O)O. The number of hydrogen-bond acceptors (Lipinski definition) is 8. The van der Waals surface area contributed by atoms with Gasteiger partial charge in [0.05, 0.1) is 21.7 Å². The Bertz CT molecular complexity index is 1140. The predicted octanol–water partition coefficient (Wildman–Crippen LogP) is 0.427. The number of aromatic carboxylic acids is 2. The van der Waals surface area contributed by atoms with E-state index in [1.807, 2.05) is 0 Å². The standard InChI is InChI=1S/2C7H7NO5S/c8-5-3-4(7(9)10)1-2-6(5)14(11,12)13;8-6-3-4(14(11,12)13)1-2-5(6)7(9)10/h2*1-3H,8H2,(H,9,10)(H,11,12,13). The third-order valence-corrected chi connectivity index (χ3v) is 4.86. The third kappa shape index (κ3) is 5.92. The molecule has 0 unspecified atom stereocenters. The molecule has 0 aromatic heterocycles. The summed E-state index contributed by atoms with van der Waals surface area (Å²) in [5, 5.41) is 17.1. The van der Waals surface area contributed by atoms with E-state index in [1.165, 1.54) is 0 Å². The van der Waals surface area contributed by atoms with E-state index in [9.17, 15) is 26.4 Å². The smallest absolute Gasteiger partial charge is 0.337 e. The van der Waals surface area contributed by atoms with Crippen LogP contribution in [0.25, 0.3) is 0 Å². The summed E-state index contributed by atoms with van der Waals surface area (Å²) in [6.07, 6.45) is 0. The van der Waals surface area contributed by atoms with Crippen molar-refractivity contribution in [3.8, 4) is 0 Å². The molecule has 2 aromatic carbocycles. The lowest BCUT2D eigenvalue weighted by Crippen LogP contribution is -2.05. The van der Waals surface area contributed by atoms with E-state index in [-0.39, 0.29) is 22.5 Å². The average Bonchev–Trinajstić information content (AvgIpc) is 2.52. The van der Waals surface area contributed by atoms with Gasteiger partial charge in [0.1, 0.15) is 4.90 Å². The van der Waals surface area contributed by atoms with Crippen molar-refractivity contribution in [3.63, 3.8) is 0 Å². The molecule has 0 radical (unpaired) electrons. The maximum atomic E-state index is 10.7. The lowest BCUT2D eigenvalue weighted by Gasteiger charge is -2.02. The molecule has 0 saturated carbocycles. The molecule has 14 heteroatoms. The fourth-order valence-corrected chi connectivity index (χ4v) is 2.93. The highest BCUT2D eigenvalue weighted by Crippen LogP contribution is 2.19. The summed E-state index contributed by atoms with van der Waals surface area (Å²) in [5.41, 5.74) is 9.64. The van der Waals surface area contributed by atoms with Gasteiger partial charge in [-0.3, -0.25) is 9.11 Å². The Morgan fingerprint density at radius 2 is 1.32 bits per heavy atom. The van der Waals surface area contributed by atoms with Crippen molar-refractivity contribution >= 4 is 43.5 Å².